The second-order valence-electron chi connectivity index (χ2n) is 6.48. The number of morpholine rings is 1. The molecule has 2 fully saturated rings. The van der Waals surface area contributed by atoms with Crippen LogP contribution in [-0.4, -0.2) is 56.4 Å². The Labute approximate surface area is 137 Å². The molecule has 1 aliphatic heterocycles. The van der Waals surface area contributed by atoms with E-state index in [1.807, 2.05) is 6.07 Å². The first kappa shape index (κ1) is 16.4. The molecule has 1 aromatic carbocycles. The first-order chi connectivity index (χ1) is 11.3. The molecule has 0 spiro atoms. The second kappa shape index (κ2) is 8.43. The van der Waals surface area contributed by atoms with Crippen molar-refractivity contribution >= 4 is 5.91 Å². The van der Waals surface area contributed by atoms with E-state index in [4.69, 9.17) is 9.47 Å². The summed E-state index contributed by atoms with van der Waals surface area (Å²) in [5, 5.41) is 2.92. The molecule has 2 aliphatic rings. The Balaban J connectivity index is 1.33. The Morgan fingerprint density at radius 1 is 1.30 bits per heavy atom. The van der Waals surface area contributed by atoms with Crippen molar-refractivity contribution in [3.8, 4) is 0 Å². The maximum absolute atomic E-state index is 11.8. The number of carbonyl (C=O) groups excluding carboxylic acids is 1. The smallest absolute Gasteiger partial charge is 0.246 e. The lowest BCUT2D eigenvalue weighted by Gasteiger charge is -2.33. The minimum absolute atomic E-state index is 0.0468. The van der Waals surface area contributed by atoms with E-state index in [-0.39, 0.29) is 18.6 Å². The summed E-state index contributed by atoms with van der Waals surface area (Å²) in [6.45, 7) is 4.86. The lowest BCUT2D eigenvalue weighted by molar-refractivity contribution is -0.127. The second-order valence-corrected chi connectivity index (χ2v) is 6.48. The summed E-state index contributed by atoms with van der Waals surface area (Å²) < 4.78 is 11.1. The monoisotopic (exact) mass is 318 g/mol. The zero-order valence-electron chi connectivity index (χ0n) is 13.6. The van der Waals surface area contributed by atoms with Crippen LogP contribution in [0.15, 0.2) is 30.3 Å². The van der Waals surface area contributed by atoms with E-state index in [2.05, 4.69) is 34.5 Å². The molecule has 5 nitrogen and oxygen atoms in total. The molecule has 3 rings (SSSR count). The van der Waals surface area contributed by atoms with E-state index in [0.29, 0.717) is 19.1 Å². The summed E-state index contributed by atoms with van der Waals surface area (Å²) >= 11 is 0. The first-order valence-electron chi connectivity index (χ1n) is 8.52. The quantitative estimate of drug-likeness (QED) is 0.788. The molecule has 23 heavy (non-hydrogen) atoms. The lowest BCUT2D eigenvalue weighted by atomic mass is 10.2. The van der Waals surface area contributed by atoms with Crippen molar-refractivity contribution in [3.63, 3.8) is 0 Å². The van der Waals surface area contributed by atoms with Crippen molar-refractivity contribution in [2.24, 2.45) is 5.92 Å². The SMILES string of the molecule is O=C(COCC1CC1)NCC1CN(Cc2ccccc2)CCO1. The lowest BCUT2D eigenvalue weighted by Crippen LogP contribution is -2.47. The fourth-order valence-electron chi connectivity index (χ4n) is 2.77. The van der Waals surface area contributed by atoms with Crippen LogP contribution in [-0.2, 0) is 20.8 Å². The Morgan fingerprint density at radius 2 is 2.13 bits per heavy atom. The number of amides is 1. The van der Waals surface area contributed by atoms with Gasteiger partial charge in [0.2, 0.25) is 5.91 Å². The molecule has 5 heteroatoms. The molecular formula is C18H26N2O3. The predicted octanol–water partition coefficient (Wildman–Crippen LogP) is 1.43. The molecule has 0 radical (unpaired) electrons. The van der Waals surface area contributed by atoms with Gasteiger partial charge in [0.15, 0.2) is 0 Å². The number of hydrogen-bond acceptors (Lipinski definition) is 4. The van der Waals surface area contributed by atoms with Crippen LogP contribution in [0.1, 0.15) is 18.4 Å². The molecule has 1 heterocycles. The number of benzene rings is 1. The molecule has 0 bridgehead atoms. The van der Waals surface area contributed by atoms with Crippen molar-refractivity contribution < 1.29 is 14.3 Å². The number of hydrogen-bond donors (Lipinski definition) is 1. The maximum Gasteiger partial charge on any atom is 0.246 e. The number of rotatable bonds is 8. The molecule has 1 saturated carbocycles. The Bertz CT molecular complexity index is 490. The molecule has 1 saturated heterocycles. The van der Waals surface area contributed by atoms with Gasteiger partial charge >= 0.3 is 0 Å². The van der Waals surface area contributed by atoms with Gasteiger partial charge in [0.05, 0.1) is 19.3 Å². The van der Waals surface area contributed by atoms with Gasteiger partial charge in [-0.1, -0.05) is 30.3 Å². The van der Waals surface area contributed by atoms with Gasteiger partial charge in [-0.2, -0.15) is 0 Å². The fourth-order valence-corrected chi connectivity index (χ4v) is 2.77. The minimum Gasteiger partial charge on any atom is -0.374 e. The summed E-state index contributed by atoms with van der Waals surface area (Å²) in [7, 11) is 0. The summed E-state index contributed by atoms with van der Waals surface area (Å²) in [4.78, 5) is 14.1. The molecule has 1 aliphatic carbocycles. The molecular weight excluding hydrogens is 292 g/mol. The van der Waals surface area contributed by atoms with Crippen LogP contribution in [0.3, 0.4) is 0 Å². The van der Waals surface area contributed by atoms with Crippen LogP contribution in [0.2, 0.25) is 0 Å². The van der Waals surface area contributed by atoms with Crippen LogP contribution < -0.4 is 5.32 Å². The predicted molar refractivity (Wildman–Crippen MR) is 88.0 cm³/mol. The van der Waals surface area contributed by atoms with Gasteiger partial charge in [0.25, 0.3) is 0 Å². The molecule has 126 valence electrons. The topological polar surface area (TPSA) is 50.8 Å². The molecule has 1 atom stereocenters. The van der Waals surface area contributed by atoms with Gasteiger partial charge in [0.1, 0.15) is 6.61 Å². The van der Waals surface area contributed by atoms with E-state index in [1.54, 1.807) is 0 Å². The van der Waals surface area contributed by atoms with Crippen LogP contribution in [0.4, 0.5) is 0 Å². The van der Waals surface area contributed by atoms with Crippen molar-refractivity contribution in [2.75, 3.05) is 39.5 Å². The van der Waals surface area contributed by atoms with Gasteiger partial charge in [-0.25, -0.2) is 0 Å². The number of ether oxygens (including phenoxy) is 2. The van der Waals surface area contributed by atoms with Gasteiger partial charge in [-0.15, -0.1) is 0 Å². The van der Waals surface area contributed by atoms with Crippen LogP contribution in [0.5, 0.6) is 0 Å². The Kier molecular flexibility index (Phi) is 6.02. The Hall–Kier alpha value is -1.43. The van der Waals surface area contributed by atoms with Crippen molar-refractivity contribution in [1.29, 1.82) is 0 Å². The normalized spacial score (nSPS) is 22.0. The van der Waals surface area contributed by atoms with E-state index >= 15 is 0 Å². The molecule has 1 unspecified atom stereocenters. The summed E-state index contributed by atoms with van der Waals surface area (Å²) in [5.41, 5.74) is 1.31. The van der Waals surface area contributed by atoms with E-state index in [1.165, 1.54) is 18.4 Å². The van der Waals surface area contributed by atoms with Crippen LogP contribution in [0.25, 0.3) is 0 Å². The highest BCUT2D eigenvalue weighted by Gasteiger charge is 2.23. The van der Waals surface area contributed by atoms with E-state index < -0.39 is 0 Å². The minimum atomic E-state index is -0.0468. The highest BCUT2D eigenvalue weighted by Crippen LogP contribution is 2.28. The highest BCUT2D eigenvalue weighted by molar-refractivity contribution is 5.77. The highest BCUT2D eigenvalue weighted by atomic mass is 16.5. The zero-order valence-corrected chi connectivity index (χ0v) is 13.6. The first-order valence-corrected chi connectivity index (χ1v) is 8.52. The summed E-state index contributed by atoms with van der Waals surface area (Å²) in [6, 6.07) is 10.4. The third-order valence-corrected chi connectivity index (χ3v) is 4.28. The number of nitrogens with zero attached hydrogens (tertiary/aromatic N) is 1. The van der Waals surface area contributed by atoms with Crippen molar-refractivity contribution in [2.45, 2.75) is 25.5 Å². The van der Waals surface area contributed by atoms with Crippen molar-refractivity contribution in [1.82, 2.24) is 10.2 Å². The van der Waals surface area contributed by atoms with Crippen molar-refractivity contribution in [3.05, 3.63) is 35.9 Å². The van der Waals surface area contributed by atoms with Crippen LogP contribution >= 0.6 is 0 Å². The van der Waals surface area contributed by atoms with Gasteiger partial charge in [0, 0.05) is 26.2 Å². The van der Waals surface area contributed by atoms with Crippen LogP contribution in [0, 0.1) is 5.92 Å². The molecule has 1 aromatic rings. The third kappa shape index (κ3) is 5.94. The standard InChI is InChI=1S/C18H26N2O3/c21-18(14-22-13-16-6-7-16)19-10-17-12-20(8-9-23-17)11-15-4-2-1-3-5-15/h1-5,16-17H,6-14H2,(H,19,21). The summed E-state index contributed by atoms with van der Waals surface area (Å²) in [5.74, 6) is 0.644. The third-order valence-electron chi connectivity index (χ3n) is 4.28. The molecule has 1 amide bonds. The van der Waals surface area contributed by atoms with Gasteiger partial charge in [-0.3, -0.25) is 9.69 Å². The largest absolute Gasteiger partial charge is 0.374 e. The number of carbonyl (C=O) groups is 1. The summed E-state index contributed by atoms with van der Waals surface area (Å²) in [6.07, 6.45) is 2.55. The van der Waals surface area contributed by atoms with Gasteiger partial charge in [-0.05, 0) is 24.3 Å². The van der Waals surface area contributed by atoms with E-state index in [9.17, 15) is 4.79 Å². The average Bonchev–Trinajstić information content (AvgIpc) is 3.39. The molecule has 0 aromatic heterocycles. The van der Waals surface area contributed by atoms with E-state index in [0.717, 1.165) is 26.2 Å². The average molecular weight is 318 g/mol. The molecule has 1 N–H and O–H groups in total. The fraction of sp³-hybridized carbons (Fsp3) is 0.611. The maximum atomic E-state index is 11.8. The number of nitrogens with one attached hydrogen (secondary N) is 1. The van der Waals surface area contributed by atoms with Gasteiger partial charge < -0.3 is 14.8 Å². The Morgan fingerprint density at radius 3 is 2.91 bits per heavy atom. The zero-order chi connectivity index (χ0) is 15.9.